The standard InChI is InChI=1S/C17H28N4O2.HI/c1-2-22-11-5-9-20-17(18)21-13-14-8-10-19-16(12-14)23-15-6-3-4-7-15;/h8,10,12,15H,2-7,9,11,13H2,1H3,(H3,18,20,21);1H. The Hall–Kier alpha value is -1.09. The quantitative estimate of drug-likeness (QED) is 0.263. The van der Waals surface area contributed by atoms with Crippen LogP contribution in [0.2, 0.25) is 0 Å². The third-order valence-electron chi connectivity index (χ3n) is 3.80. The Balaban J connectivity index is 0.00000288. The zero-order valence-electron chi connectivity index (χ0n) is 14.4. The van der Waals surface area contributed by atoms with Crippen LogP contribution in [0, 0.1) is 0 Å². The number of nitrogens with one attached hydrogen (secondary N) is 1. The molecule has 0 radical (unpaired) electrons. The molecular formula is C17H29IN4O2. The van der Waals surface area contributed by atoms with E-state index in [1.807, 2.05) is 19.1 Å². The van der Waals surface area contributed by atoms with E-state index in [0.717, 1.165) is 44.6 Å². The Kier molecular flexibility index (Phi) is 10.7. The van der Waals surface area contributed by atoms with E-state index in [1.54, 1.807) is 6.20 Å². The van der Waals surface area contributed by atoms with Crippen molar-refractivity contribution in [1.82, 2.24) is 10.3 Å². The number of nitrogens with zero attached hydrogens (tertiary/aromatic N) is 2. The number of rotatable bonds is 9. The lowest BCUT2D eigenvalue weighted by atomic mass is 10.2. The molecule has 0 bridgehead atoms. The first-order valence-corrected chi connectivity index (χ1v) is 8.51. The van der Waals surface area contributed by atoms with Gasteiger partial charge in [0.25, 0.3) is 0 Å². The summed E-state index contributed by atoms with van der Waals surface area (Å²) in [4.78, 5) is 8.62. The third-order valence-corrected chi connectivity index (χ3v) is 3.80. The van der Waals surface area contributed by atoms with E-state index in [2.05, 4.69) is 15.3 Å². The summed E-state index contributed by atoms with van der Waals surface area (Å²) in [5.41, 5.74) is 6.91. The zero-order chi connectivity index (χ0) is 16.3. The summed E-state index contributed by atoms with van der Waals surface area (Å²) < 4.78 is 11.2. The fourth-order valence-corrected chi connectivity index (χ4v) is 2.56. The van der Waals surface area contributed by atoms with E-state index in [1.165, 1.54) is 12.8 Å². The fraction of sp³-hybridized carbons (Fsp3) is 0.647. The molecule has 7 heteroatoms. The summed E-state index contributed by atoms with van der Waals surface area (Å²) >= 11 is 0. The highest BCUT2D eigenvalue weighted by Crippen LogP contribution is 2.23. The Morgan fingerprint density at radius 1 is 1.42 bits per heavy atom. The highest BCUT2D eigenvalue weighted by atomic mass is 127. The summed E-state index contributed by atoms with van der Waals surface area (Å²) in [6, 6.07) is 3.89. The fourth-order valence-electron chi connectivity index (χ4n) is 2.56. The lowest BCUT2D eigenvalue weighted by molar-refractivity contribution is 0.145. The van der Waals surface area contributed by atoms with Gasteiger partial charge in [-0.1, -0.05) is 0 Å². The summed E-state index contributed by atoms with van der Waals surface area (Å²) in [5, 5.41) is 3.09. The third kappa shape index (κ3) is 8.14. The largest absolute Gasteiger partial charge is 0.474 e. The highest BCUT2D eigenvalue weighted by molar-refractivity contribution is 14.0. The van der Waals surface area contributed by atoms with E-state index in [4.69, 9.17) is 15.2 Å². The van der Waals surface area contributed by atoms with Crippen LogP contribution in [0.15, 0.2) is 23.3 Å². The van der Waals surface area contributed by atoms with Gasteiger partial charge in [0.15, 0.2) is 5.96 Å². The van der Waals surface area contributed by atoms with Gasteiger partial charge in [0.05, 0.1) is 6.54 Å². The number of guanidine groups is 1. The molecule has 0 saturated heterocycles. The molecule has 0 aliphatic heterocycles. The number of ether oxygens (including phenoxy) is 2. The molecule has 0 unspecified atom stereocenters. The molecule has 1 fully saturated rings. The topological polar surface area (TPSA) is 81.8 Å². The number of hydrogen-bond acceptors (Lipinski definition) is 4. The Bertz CT molecular complexity index is 493. The number of aromatic nitrogens is 1. The second kappa shape index (κ2) is 12.3. The van der Waals surface area contributed by atoms with Gasteiger partial charge in [-0.3, -0.25) is 0 Å². The molecule has 2 rings (SSSR count). The minimum Gasteiger partial charge on any atom is -0.474 e. The lowest BCUT2D eigenvalue weighted by Crippen LogP contribution is -2.32. The maximum absolute atomic E-state index is 5.90. The molecule has 1 heterocycles. The van der Waals surface area contributed by atoms with Crippen LogP contribution in [-0.2, 0) is 11.3 Å². The van der Waals surface area contributed by atoms with Gasteiger partial charge in [-0.15, -0.1) is 24.0 Å². The normalized spacial score (nSPS) is 15.1. The van der Waals surface area contributed by atoms with Crippen molar-refractivity contribution in [1.29, 1.82) is 0 Å². The van der Waals surface area contributed by atoms with Crippen LogP contribution >= 0.6 is 24.0 Å². The number of nitrogens with two attached hydrogens (primary N) is 1. The van der Waals surface area contributed by atoms with E-state index >= 15 is 0 Å². The maximum atomic E-state index is 5.90. The smallest absolute Gasteiger partial charge is 0.213 e. The first-order chi connectivity index (χ1) is 11.3. The molecule has 0 aromatic carbocycles. The second-order valence-corrected chi connectivity index (χ2v) is 5.71. The zero-order valence-corrected chi connectivity index (χ0v) is 16.7. The van der Waals surface area contributed by atoms with Crippen molar-refractivity contribution >= 4 is 29.9 Å². The molecule has 0 atom stereocenters. The first-order valence-electron chi connectivity index (χ1n) is 8.51. The van der Waals surface area contributed by atoms with Gasteiger partial charge < -0.3 is 20.5 Å². The second-order valence-electron chi connectivity index (χ2n) is 5.71. The van der Waals surface area contributed by atoms with Gasteiger partial charge in [-0.05, 0) is 50.7 Å². The summed E-state index contributed by atoms with van der Waals surface area (Å²) in [6.07, 6.45) is 7.75. The van der Waals surface area contributed by atoms with Crippen LogP contribution < -0.4 is 15.8 Å². The van der Waals surface area contributed by atoms with Gasteiger partial charge >= 0.3 is 0 Å². The number of hydrogen-bond donors (Lipinski definition) is 2. The van der Waals surface area contributed by atoms with Gasteiger partial charge in [0.1, 0.15) is 6.10 Å². The van der Waals surface area contributed by atoms with Crippen molar-refractivity contribution in [2.24, 2.45) is 10.7 Å². The summed E-state index contributed by atoms with van der Waals surface area (Å²) in [7, 11) is 0. The molecule has 0 spiro atoms. The first kappa shape index (κ1) is 21.0. The van der Waals surface area contributed by atoms with Gasteiger partial charge in [0.2, 0.25) is 5.88 Å². The molecule has 24 heavy (non-hydrogen) atoms. The summed E-state index contributed by atoms with van der Waals surface area (Å²) in [5.74, 6) is 1.14. The van der Waals surface area contributed by atoms with E-state index in [0.29, 0.717) is 24.5 Å². The van der Waals surface area contributed by atoms with Gasteiger partial charge in [-0.2, -0.15) is 0 Å². The average molecular weight is 448 g/mol. The Morgan fingerprint density at radius 2 is 2.21 bits per heavy atom. The molecule has 1 aromatic rings. The highest BCUT2D eigenvalue weighted by Gasteiger charge is 2.16. The van der Waals surface area contributed by atoms with Gasteiger partial charge in [0, 0.05) is 32.0 Å². The predicted octanol–water partition coefficient (Wildman–Crippen LogP) is 2.85. The molecule has 1 saturated carbocycles. The van der Waals surface area contributed by atoms with Crippen molar-refractivity contribution in [2.75, 3.05) is 19.8 Å². The van der Waals surface area contributed by atoms with Crippen molar-refractivity contribution in [2.45, 2.75) is 51.7 Å². The van der Waals surface area contributed by atoms with E-state index in [9.17, 15) is 0 Å². The van der Waals surface area contributed by atoms with Crippen molar-refractivity contribution in [3.05, 3.63) is 23.9 Å². The van der Waals surface area contributed by atoms with Crippen molar-refractivity contribution < 1.29 is 9.47 Å². The molecule has 3 N–H and O–H groups in total. The number of pyridine rings is 1. The maximum Gasteiger partial charge on any atom is 0.213 e. The minimum atomic E-state index is 0. The van der Waals surface area contributed by atoms with Crippen LogP contribution in [0.5, 0.6) is 5.88 Å². The molecule has 136 valence electrons. The van der Waals surface area contributed by atoms with Crippen LogP contribution in [0.1, 0.15) is 44.6 Å². The molecule has 1 aliphatic rings. The van der Waals surface area contributed by atoms with Gasteiger partial charge in [-0.25, -0.2) is 9.98 Å². The molecular weight excluding hydrogens is 419 g/mol. The Morgan fingerprint density at radius 3 is 2.96 bits per heavy atom. The van der Waals surface area contributed by atoms with E-state index in [-0.39, 0.29) is 24.0 Å². The van der Waals surface area contributed by atoms with Crippen LogP contribution in [0.25, 0.3) is 0 Å². The molecule has 0 amide bonds. The number of halogens is 1. The minimum absolute atomic E-state index is 0. The van der Waals surface area contributed by atoms with Crippen LogP contribution in [0.4, 0.5) is 0 Å². The Labute approximate surface area is 161 Å². The molecule has 6 nitrogen and oxygen atoms in total. The average Bonchev–Trinajstić information content (AvgIpc) is 3.06. The SMILES string of the molecule is CCOCCCNC(N)=NCc1ccnc(OC2CCCC2)c1.I. The predicted molar refractivity (Wildman–Crippen MR) is 107 cm³/mol. The van der Waals surface area contributed by atoms with Crippen molar-refractivity contribution in [3.8, 4) is 5.88 Å². The monoisotopic (exact) mass is 448 g/mol. The van der Waals surface area contributed by atoms with E-state index < -0.39 is 0 Å². The number of aliphatic imine (C=N–C) groups is 1. The summed E-state index contributed by atoms with van der Waals surface area (Å²) in [6.45, 7) is 4.76. The van der Waals surface area contributed by atoms with Crippen molar-refractivity contribution in [3.63, 3.8) is 0 Å². The van der Waals surface area contributed by atoms with Crippen LogP contribution in [0.3, 0.4) is 0 Å². The molecule has 1 aliphatic carbocycles. The van der Waals surface area contributed by atoms with Crippen LogP contribution in [-0.4, -0.2) is 36.8 Å². The molecule has 1 aromatic heterocycles. The lowest BCUT2D eigenvalue weighted by Gasteiger charge is -2.12.